The third-order valence-corrected chi connectivity index (χ3v) is 3.00. The van der Waals surface area contributed by atoms with E-state index in [2.05, 4.69) is 0 Å². The van der Waals surface area contributed by atoms with Gasteiger partial charge in [-0.2, -0.15) is 5.26 Å². The molecule has 0 saturated heterocycles. The Morgan fingerprint density at radius 3 is 2.67 bits per heavy atom. The van der Waals surface area contributed by atoms with E-state index in [4.69, 9.17) is 5.26 Å². The molecule has 0 atom stereocenters. The summed E-state index contributed by atoms with van der Waals surface area (Å²) in [7, 11) is -3.20. The van der Waals surface area contributed by atoms with Crippen LogP contribution in [0.4, 0.5) is 0 Å². The summed E-state index contributed by atoms with van der Waals surface area (Å²) in [6.45, 7) is 0. The fourth-order valence-corrected chi connectivity index (χ4v) is 2.08. The van der Waals surface area contributed by atoms with Crippen LogP contribution >= 0.6 is 0 Å². The van der Waals surface area contributed by atoms with Crippen LogP contribution < -0.4 is 0 Å². The number of nitriles is 1. The summed E-state index contributed by atoms with van der Waals surface area (Å²) in [6, 6.07) is 8.67. The molecule has 4 heteroatoms. The Kier molecular flexibility index (Phi) is 3.64. The average molecular weight is 221 g/mol. The highest BCUT2D eigenvalue weighted by molar-refractivity contribution is 7.90. The van der Waals surface area contributed by atoms with Crippen molar-refractivity contribution in [1.29, 1.82) is 5.26 Å². The molecule has 0 aromatic heterocycles. The summed E-state index contributed by atoms with van der Waals surface area (Å²) in [4.78, 5) is 0.291. The minimum atomic E-state index is -3.20. The molecule has 3 nitrogen and oxygen atoms in total. The molecule has 1 rings (SSSR count). The third kappa shape index (κ3) is 3.22. The standard InChI is InChI=1S/C11H11NO2S/c1-15(13,14)11-8-3-2-6-10(11)7-4-5-9-12/h2-4,6-8H,5H2,1H3. The Morgan fingerprint density at radius 1 is 1.40 bits per heavy atom. The summed E-state index contributed by atoms with van der Waals surface area (Å²) >= 11 is 0. The normalized spacial score (nSPS) is 11.5. The molecule has 0 fully saturated rings. The van der Waals surface area contributed by atoms with Gasteiger partial charge in [-0.1, -0.05) is 30.4 Å². The van der Waals surface area contributed by atoms with E-state index in [1.807, 2.05) is 6.07 Å². The summed E-state index contributed by atoms with van der Waals surface area (Å²) < 4.78 is 22.8. The van der Waals surface area contributed by atoms with E-state index in [1.54, 1.807) is 36.4 Å². The van der Waals surface area contributed by atoms with E-state index >= 15 is 0 Å². The van der Waals surface area contributed by atoms with Gasteiger partial charge in [0.25, 0.3) is 0 Å². The van der Waals surface area contributed by atoms with Crippen LogP contribution in [-0.4, -0.2) is 14.7 Å². The monoisotopic (exact) mass is 221 g/mol. The topological polar surface area (TPSA) is 57.9 Å². The van der Waals surface area contributed by atoms with E-state index in [-0.39, 0.29) is 6.42 Å². The first-order chi connectivity index (χ1) is 7.05. The number of rotatable bonds is 3. The van der Waals surface area contributed by atoms with Crippen molar-refractivity contribution in [2.45, 2.75) is 11.3 Å². The van der Waals surface area contributed by atoms with Crippen LogP contribution in [0.5, 0.6) is 0 Å². The van der Waals surface area contributed by atoms with Crippen LogP contribution in [0, 0.1) is 11.3 Å². The Morgan fingerprint density at radius 2 is 2.07 bits per heavy atom. The van der Waals surface area contributed by atoms with Crippen LogP contribution in [0.2, 0.25) is 0 Å². The second kappa shape index (κ2) is 4.76. The lowest BCUT2D eigenvalue weighted by Crippen LogP contribution is -1.99. The minimum Gasteiger partial charge on any atom is -0.224 e. The molecule has 1 aromatic carbocycles. The van der Waals surface area contributed by atoms with Gasteiger partial charge in [-0.25, -0.2) is 8.42 Å². The predicted octanol–water partition coefficient (Wildman–Crippen LogP) is 2.02. The number of sulfone groups is 1. The molecule has 0 spiro atoms. The van der Waals surface area contributed by atoms with Crippen molar-refractivity contribution in [2.75, 3.05) is 6.26 Å². The molecule has 0 amide bonds. The molecule has 15 heavy (non-hydrogen) atoms. The second-order valence-electron chi connectivity index (χ2n) is 3.07. The third-order valence-electron chi connectivity index (χ3n) is 1.83. The van der Waals surface area contributed by atoms with Crippen molar-refractivity contribution in [3.63, 3.8) is 0 Å². The number of hydrogen-bond acceptors (Lipinski definition) is 3. The molecular formula is C11H11NO2S. The Hall–Kier alpha value is -1.60. The molecule has 0 N–H and O–H groups in total. The van der Waals surface area contributed by atoms with Crippen LogP contribution in [-0.2, 0) is 9.84 Å². The van der Waals surface area contributed by atoms with Gasteiger partial charge in [0.15, 0.2) is 9.84 Å². The van der Waals surface area contributed by atoms with Crippen molar-refractivity contribution in [3.05, 3.63) is 35.9 Å². The summed E-state index contributed by atoms with van der Waals surface area (Å²) in [5.41, 5.74) is 0.621. The van der Waals surface area contributed by atoms with E-state index in [9.17, 15) is 8.42 Å². The first-order valence-electron chi connectivity index (χ1n) is 4.38. The zero-order valence-corrected chi connectivity index (χ0v) is 9.16. The van der Waals surface area contributed by atoms with Crippen molar-refractivity contribution in [3.8, 4) is 6.07 Å². The molecule has 0 aliphatic carbocycles. The Bertz CT molecular complexity index is 510. The SMILES string of the molecule is CS(=O)(=O)c1ccccc1C=CCC#N. The number of nitrogens with zero attached hydrogens (tertiary/aromatic N) is 1. The fraction of sp³-hybridized carbons (Fsp3) is 0.182. The molecule has 1 aromatic rings. The lowest BCUT2D eigenvalue weighted by molar-refractivity contribution is 0.601. The molecule has 0 radical (unpaired) electrons. The van der Waals surface area contributed by atoms with Gasteiger partial charge in [0, 0.05) is 6.26 Å². The fourth-order valence-electron chi connectivity index (χ4n) is 1.19. The molecule has 78 valence electrons. The Balaban J connectivity index is 3.15. The first kappa shape index (κ1) is 11.5. The lowest BCUT2D eigenvalue weighted by Gasteiger charge is -2.02. The van der Waals surface area contributed by atoms with E-state index in [0.717, 1.165) is 0 Å². The molecule has 0 aliphatic rings. The van der Waals surface area contributed by atoms with Crippen LogP contribution in [0.15, 0.2) is 35.2 Å². The van der Waals surface area contributed by atoms with Gasteiger partial charge in [0.2, 0.25) is 0 Å². The van der Waals surface area contributed by atoms with Gasteiger partial charge < -0.3 is 0 Å². The van der Waals surface area contributed by atoms with Crippen LogP contribution in [0.1, 0.15) is 12.0 Å². The smallest absolute Gasteiger partial charge is 0.176 e. The highest BCUT2D eigenvalue weighted by atomic mass is 32.2. The molecule has 0 unspecified atom stereocenters. The number of allylic oxidation sites excluding steroid dienone is 1. The maximum Gasteiger partial charge on any atom is 0.176 e. The summed E-state index contributed by atoms with van der Waals surface area (Å²) in [6.07, 6.45) is 4.74. The highest BCUT2D eigenvalue weighted by Crippen LogP contribution is 2.16. The van der Waals surface area contributed by atoms with Crippen molar-refractivity contribution >= 4 is 15.9 Å². The van der Waals surface area contributed by atoms with Crippen LogP contribution in [0.3, 0.4) is 0 Å². The molecular weight excluding hydrogens is 210 g/mol. The van der Waals surface area contributed by atoms with Gasteiger partial charge in [-0.05, 0) is 11.6 Å². The maximum absolute atomic E-state index is 11.4. The molecule has 0 saturated carbocycles. The predicted molar refractivity (Wildman–Crippen MR) is 58.8 cm³/mol. The van der Waals surface area contributed by atoms with Crippen molar-refractivity contribution in [2.24, 2.45) is 0 Å². The second-order valence-corrected chi connectivity index (χ2v) is 5.06. The van der Waals surface area contributed by atoms with Gasteiger partial charge >= 0.3 is 0 Å². The van der Waals surface area contributed by atoms with Gasteiger partial charge in [0.1, 0.15) is 0 Å². The van der Waals surface area contributed by atoms with Crippen molar-refractivity contribution in [1.82, 2.24) is 0 Å². The maximum atomic E-state index is 11.4. The van der Waals surface area contributed by atoms with Crippen LogP contribution in [0.25, 0.3) is 6.08 Å². The minimum absolute atomic E-state index is 0.276. The quantitative estimate of drug-likeness (QED) is 0.784. The zero-order valence-electron chi connectivity index (χ0n) is 8.34. The summed E-state index contributed by atoms with van der Waals surface area (Å²) in [5.74, 6) is 0. The van der Waals surface area contributed by atoms with Gasteiger partial charge in [-0.3, -0.25) is 0 Å². The number of hydrogen-bond donors (Lipinski definition) is 0. The Labute approximate surface area is 89.6 Å². The van der Waals surface area contributed by atoms with E-state index in [0.29, 0.717) is 10.5 Å². The lowest BCUT2D eigenvalue weighted by atomic mass is 10.2. The first-order valence-corrected chi connectivity index (χ1v) is 6.27. The van der Waals surface area contributed by atoms with Gasteiger partial charge in [-0.15, -0.1) is 0 Å². The molecule has 0 heterocycles. The average Bonchev–Trinajstić information content (AvgIpc) is 2.17. The van der Waals surface area contributed by atoms with Crippen molar-refractivity contribution < 1.29 is 8.42 Å². The van der Waals surface area contributed by atoms with Gasteiger partial charge in [0.05, 0.1) is 17.4 Å². The molecule has 0 bridgehead atoms. The zero-order chi connectivity index (χ0) is 11.3. The summed E-state index contributed by atoms with van der Waals surface area (Å²) in [5, 5.41) is 8.35. The number of benzene rings is 1. The molecule has 0 aliphatic heterocycles. The largest absolute Gasteiger partial charge is 0.224 e. The highest BCUT2D eigenvalue weighted by Gasteiger charge is 2.09. The van der Waals surface area contributed by atoms with E-state index < -0.39 is 9.84 Å². The van der Waals surface area contributed by atoms with E-state index in [1.165, 1.54) is 6.26 Å².